The summed E-state index contributed by atoms with van der Waals surface area (Å²) in [6.07, 6.45) is 3.87. The van der Waals surface area contributed by atoms with Gasteiger partial charge in [-0.25, -0.2) is 4.39 Å². The molecule has 0 fully saturated rings. The molecule has 0 saturated carbocycles. The summed E-state index contributed by atoms with van der Waals surface area (Å²) in [7, 11) is 0. The van der Waals surface area contributed by atoms with Crippen LogP contribution in [0, 0.1) is 0 Å². The Morgan fingerprint density at radius 3 is 2.10 bits per heavy atom. The van der Waals surface area contributed by atoms with Crippen LogP contribution in [0.2, 0.25) is 0 Å². The fraction of sp³-hybridized carbons (Fsp3) is 0.0625. The number of nitrogens with zero attached hydrogens (tertiary/aromatic N) is 1. The number of carbonyl (C=O) groups is 1. The highest BCUT2D eigenvalue weighted by molar-refractivity contribution is 5.91. The largest absolute Gasteiger partial charge is 0.282 e. The molecule has 0 aliphatic rings. The highest BCUT2D eigenvalue weighted by atomic mass is 19.1. The maximum Gasteiger partial charge on any atom is 0.282 e. The van der Waals surface area contributed by atoms with Gasteiger partial charge in [0.25, 0.3) is 5.91 Å². The van der Waals surface area contributed by atoms with Gasteiger partial charge in [0.1, 0.15) is 0 Å². The molecule has 2 aromatic rings. The maximum absolute atomic E-state index is 12.1. The fourth-order valence-electron chi connectivity index (χ4n) is 1.68. The van der Waals surface area contributed by atoms with Gasteiger partial charge in [0.2, 0.25) is 0 Å². The molecule has 0 aromatic heterocycles. The van der Waals surface area contributed by atoms with Crippen molar-refractivity contribution < 1.29 is 14.4 Å². The van der Waals surface area contributed by atoms with Gasteiger partial charge in [-0.3, -0.25) is 10.0 Å². The van der Waals surface area contributed by atoms with Crippen LogP contribution in [-0.2, 0) is 4.79 Å². The normalized spacial score (nSPS) is 10.7. The predicted molar refractivity (Wildman–Crippen MR) is 77.1 cm³/mol. The summed E-state index contributed by atoms with van der Waals surface area (Å²) in [5, 5.41) is 9.72. The number of hydrogen-bond donors (Lipinski definition) is 1. The number of rotatable bonds is 4. The average Bonchev–Trinajstić information content (AvgIpc) is 2.53. The molecule has 3 nitrogen and oxygen atoms in total. The number of benzene rings is 2. The topological polar surface area (TPSA) is 40.5 Å². The second-order valence-electron chi connectivity index (χ2n) is 4.17. The Balaban J connectivity index is 2.09. The SMILES string of the molecule is O=C(CF)N(O)c1ccc(/C=C\c2ccccc2)cc1. The van der Waals surface area contributed by atoms with Crippen LogP contribution in [0.4, 0.5) is 10.1 Å². The lowest BCUT2D eigenvalue weighted by atomic mass is 10.1. The Morgan fingerprint density at radius 1 is 1.00 bits per heavy atom. The molecule has 2 rings (SSSR count). The molecule has 2 aromatic carbocycles. The molecule has 0 aliphatic heterocycles. The van der Waals surface area contributed by atoms with Gasteiger partial charge in [-0.15, -0.1) is 0 Å². The first-order valence-corrected chi connectivity index (χ1v) is 6.11. The molecular weight excluding hydrogens is 257 g/mol. The second-order valence-corrected chi connectivity index (χ2v) is 4.17. The lowest BCUT2D eigenvalue weighted by molar-refractivity contribution is -0.124. The van der Waals surface area contributed by atoms with Crippen molar-refractivity contribution in [3.63, 3.8) is 0 Å². The molecule has 0 radical (unpaired) electrons. The van der Waals surface area contributed by atoms with E-state index in [1.807, 2.05) is 42.5 Å². The molecule has 0 saturated heterocycles. The van der Waals surface area contributed by atoms with E-state index in [0.29, 0.717) is 5.06 Å². The number of halogens is 1. The maximum atomic E-state index is 12.1. The van der Waals surface area contributed by atoms with E-state index >= 15 is 0 Å². The van der Waals surface area contributed by atoms with Crippen molar-refractivity contribution in [3.8, 4) is 0 Å². The number of alkyl halides is 1. The first kappa shape index (κ1) is 14.0. The lowest BCUT2D eigenvalue weighted by Crippen LogP contribution is -2.28. The van der Waals surface area contributed by atoms with Gasteiger partial charge in [0.15, 0.2) is 6.67 Å². The summed E-state index contributed by atoms with van der Waals surface area (Å²) in [6, 6.07) is 16.4. The molecule has 4 heteroatoms. The van der Waals surface area contributed by atoms with Crippen LogP contribution < -0.4 is 5.06 Å². The Labute approximate surface area is 116 Å². The zero-order valence-electron chi connectivity index (χ0n) is 10.7. The molecule has 0 spiro atoms. The van der Waals surface area contributed by atoms with Gasteiger partial charge in [-0.05, 0) is 23.3 Å². The fourth-order valence-corrected chi connectivity index (χ4v) is 1.68. The van der Waals surface area contributed by atoms with Crippen molar-refractivity contribution in [2.45, 2.75) is 0 Å². The van der Waals surface area contributed by atoms with Crippen LogP contribution in [0.15, 0.2) is 54.6 Å². The highest BCUT2D eigenvalue weighted by Crippen LogP contribution is 2.15. The quantitative estimate of drug-likeness (QED) is 0.525. The monoisotopic (exact) mass is 271 g/mol. The van der Waals surface area contributed by atoms with Crippen LogP contribution in [0.3, 0.4) is 0 Å². The molecule has 0 aliphatic carbocycles. The summed E-state index contributed by atoms with van der Waals surface area (Å²) in [4.78, 5) is 11.0. The molecule has 0 atom stereocenters. The smallest absolute Gasteiger partial charge is 0.281 e. The molecule has 0 bridgehead atoms. The minimum atomic E-state index is -1.23. The molecule has 0 heterocycles. The number of carbonyl (C=O) groups excluding carboxylic acids is 1. The van der Waals surface area contributed by atoms with E-state index in [4.69, 9.17) is 0 Å². The minimum Gasteiger partial charge on any atom is -0.281 e. The first-order chi connectivity index (χ1) is 9.70. The number of anilines is 1. The van der Waals surface area contributed by atoms with Gasteiger partial charge in [0.05, 0.1) is 5.69 Å². The van der Waals surface area contributed by atoms with E-state index in [9.17, 15) is 14.4 Å². The van der Waals surface area contributed by atoms with Crippen LogP contribution in [0.1, 0.15) is 11.1 Å². The van der Waals surface area contributed by atoms with Gasteiger partial charge in [-0.1, -0.05) is 54.6 Å². The number of hydroxylamine groups is 1. The second kappa shape index (κ2) is 6.63. The van der Waals surface area contributed by atoms with Gasteiger partial charge >= 0.3 is 0 Å². The molecule has 102 valence electrons. The zero-order valence-corrected chi connectivity index (χ0v) is 10.7. The van der Waals surface area contributed by atoms with Crippen LogP contribution in [0.5, 0.6) is 0 Å². The van der Waals surface area contributed by atoms with Crippen molar-refractivity contribution in [2.75, 3.05) is 11.7 Å². The Morgan fingerprint density at radius 2 is 1.55 bits per heavy atom. The van der Waals surface area contributed by atoms with Crippen molar-refractivity contribution >= 4 is 23.7 Å². The van der Waals surface area contributed by atoms with Gasteiger partial charge in [0, 0.05) is 0 Å². The third-order valence-electron chi connectivity index (χ3n) is 2.76. The summed E-state index contributed by atoms with van der Waals surface area (Å²) in [5.74, 6) is -0.988. The summed E-state index contributed by atoms with van der Waals surface area (Å²) >= 11 is 0. The van der Waals surface area contributed by atoms with Crippen molar-refractivity contribution in [2.24, 2.45) is 0 Å². The van der Waals surface area contributed by atoms with E-state index in [2.05, 4.69) is 0 Å². The van der Waals surface area contributed by atoms with E-state index < -0.39 is 12.6 Å². The Hall–Kier alpha value is -2.46. The van der Waals surface area contributed by atoms with Crippen LogP contribution in [-0.4, -0.2) is 17.8 Å². The van der Waals surface area contributed by atoms with Gasteiger partial charge < -0.3 is 0 Å². The van der Waals surface area contributed by atoms with Crippen molar-refractivity contribution in [1.82, 2.24) is 0 Å². The number of hydrogen-bond acceptors (Lipinski definition) is 2. The minimum absolute atomic E-state index is 0.240. The summed E-state index contributed by atoms with van der Waals surface area (Å²) in [5.41, 5.74) is 2.23. The molecule has 1 N–H and O–H groups in total. The predicted octanol–water partition coefficient (Wildman–Crippen LogP) is 3.55. The zero-order chi connectivity index (χ0) is 14.4. The lowest BCUT2D eigenvalue weighted by Gasteiger charge is -2.12. The van der Waals surface area contributed by atoms with Crippen LogP contribution in [0.25, 0.3) is 12.2 Å². The van der Waals surface area contributed by atoms with Crippen molar-refractivity contribution in [3.05, 3.63) is 65.7 Å². The van der Waals surface area contributed by atoms with Crippen LogP contribution >= 0.6 is 0 Å². The standard InChI is InChI=1S/C16H14FNO2/c17-12-16(19)18(20)15-10-8-14(9-11-15)7-6-13-4-2-1-3-5-13/h1-11,20H,12H2/b7-6-. The highest BCUT2D eigenvalue weighted by Gasteiger charge is 2.11. The van der Waals surface area contributed by atoms with E-state index in [1.165, 1.54) is 0 Å². The summed E-state index contributed by atoms with van der Waals surface area (Å²) < 4.78 is 12.1. The van der Waals surface area contributed by atoms with Crippen molar-refractivity contribution in [1.29, 1.82) is 0 Å². The first-order valence-electron chi connectivity index (χ1n) is 6.11. The Bertz CT molecular complexity index is 594. The van der Waals surface area contributed by atoms with Gasteiger partial charge in [-0.2, -0.15) is 5.06 Å². The summed E-state index contributed by atoms with van der Waals surface area (Å²) in [6.45, 7) is -1.23. The molecular formula is C16H14FNO2. The average molecular weight is 271 g/mol. The Kier molecular flexibility index (Phi) is 4.63. The molecule has 0 unspecified atom stereocenters. The molecule has 1 amide bonds. The third-order valence-corrected chi connectivity index (χ3v) is 2.76. The third kappa shape index (κ3) is 3.52. The molecule has 20 heavy (non-hydrogen) atoms. The van der Waals surface area contributed by atoms with E-state index in [1.54, 1.807) is 24.3 Å². The van der Waals surface area contributed by atoms with E-state index in [0.717, 1.165) is 11.1 Å². The number of amides is 1. The van der Waals surface area contributed by atoms with E-state index in [-0.39, 0.29) is 5.69 Å².